The first kappa shape index (κ1) is 11.2. The summed E-state index contributed by atoms with van der Waals surface area (Å²) in [5.41, 5.74) is 4.85. The van der Waals surface area contributed by atoms with E-state index in [0.29, 0.717) is 6.54 Å². The number of amides is 1. The molecule has 4 heteroatoms. The molecule has 1 rings (SSSR count). The maximum Gasteiger partial charge on any atom is 0.239 e. The van der Waals surface area contributed by atoms with Crippen LogP contribution in [-0.4, -0.2) is 18.0 Å². The zero-order chi connectivity index (χ0) is 10.6. The topological polar surface area (TPSA) is 55.1 Å². The zero-order valence-electron chi connectivity index (χ0n) is 8.54. The van der Waals surface area contributed by atoms with Crippen molar-refractivity contribution in [1.29, 1.82) is 0 Å². The molecule has 0 aromatic carbocycles. The lowest BCUT2D eigenvalue weighted by Crippen LogP contribution is -2.49. The average molecular weight is 212 g/mol. The minimum atomic E-state index is -0.782. The summed E-state index contributed by atoms with van der Waals surface area (Å²) in [6.45, 7) is 4.06. The highest BCUT2D eigenvalue weighted by Gasteiger charge is 2.20. The Morgan fingerprint density at radius 1 is 1.64 bits per heavy atom. The van der Waals surface area contributed by atoms with E-state index in [2.05, 4.69) is 11.4 Å². The molecule has 0 radical (unpaired) electrons. The molecule has 0 saturated carbocycles. The van der Waals surface area contributed by atoms with E-state index in [0.717, 1.165) is 6.42 Å². The van der Waals surface area contributed by atoms with E-state index in [4.69, 9.17) is 5.73 Å². The van der Waals surface area contributed by atoms with E-state index in [1.165, 1.54) is 4.88 Å². The van der Waals surface area contributed by atoms with Crippen LogP contribution in [0.4, 0.5) is 0 Å². The normalized spacial score (nSPS) is 11.4. The molecule has 0 spiro atoms. The summed E-state index contributed by atoms with van der Waals surface area (Å²) in [5, 5.41) is 4.84. The van der Waals surface area contributed by atoms with Crippen LogP contribution in [-0.2, 0) is 11.2 Å². The summed E-state index contributed by atoms with van der Waals surface area (Å²) < 4.78 is 0. The molecule has 78 valence electrons. The van der Waals surface area contributed by atoms with Crippen LogP contribution in [0.15, 0.2) is 17.5 Å². The summed E-state index contributed by atoms with van der Waals surface area (Å²) in [7, 11) is 0. The molecule has 1 aromatic rings. The Morgan fingerprint density at radius 2 is 2.36 bits per heavy atom. The van der Waals surface area contributed by atoms with Gasteiger partial charge in [-0.1, -0.05) is 6.07 Å². The van der Waals surface area contributed by atoms with Crippen molar-refractivity contribution >= 4 is 17.2 Å². The van der Waals surface area contributed by atoms with Gasteiger partial charge in [0.05, 0.1) is 5.54 Å². The Balaban J connectivity index is 2.26. The maximum atomic E-state index is 11.4. The highest BCUT2D eigenvalue weighted by molar-refractivity contribution is 7.09. The third kappa shape index (κ3) is 3.47. The van der Waals surface area contributed by atoms with Crippen molar-refractivity contribution in [3.8, 4) is 0 Å². The van der Waals surface area contributed by atoms with Crippen molar-refractivity contribution < 1.29 is 4.79 Å². The van der Waals surface area contributed by atoms with Crippen LogP contribution in [0.5, 0.6) is 0 Å². The van der Waals surface area contributed by atoms with Gasteiger partial charge in [0.2, 0.25) is 5.91 Å². The first-order valence-electron chi connectivity index (χ1n) is 4.60. The van der Waals surface area contributed by atoms with Crippen molar-refractivity contribution in [2.75, 3.05) is 6.54 Å². The van der Waals surface area contributed by atoms with E-state index in [-0.39, 0.29) is 5.91 Å². The van der Waals surface area contributed by atoms with Crippen LogP contribution in [0.3, 0.4) is 0 Å². The predicted octanol–water partition coefficient (Wildman–Crippen LogP) is 1.14. The van der Waals surface area contributed by atoms with Gasteiger partial charge in [-0.05, 0) is 31.7 Å². The lowest BCUT2D eigenvalue weighted by Gasteiger charge is -2.17. The minimum absolute atomic E-state index is 0.103. The van der Waals surface area contributed by atoms with Crippen molar-refractivity contribution in [2.24, 2.45) is 5.73 Å². The van der Waals surface area contributed by atoms with Gasteiger partial charge in [0.25, 0.3) is 0 Å². The molecule has 3 nitrogen and oxygen atoms in total. The quantitative estimate of drug-likeness (QED) is 0.786. The maximum absolute atomic E-state index is 11.4. The number of carbonyl (C=O) groups is 1. The Morgan fingerprint density at radius 3 is 2.86 bits per heavy atom. The van der Waals surface area contributed by atoms with Gasteiger partial charge in [0.15, 0.2) is 0 Å². The van der Waals surface area contributed by atoms with Gasteiger partial charge in [-0.15, -0.1) is 11.3 Å². The van der Waals surface area contributed by atoms with E-state index in [1.54, 1.807) is 25.2 Å². The minimum Gasteiger partial charge on any atom is -0.354 e. The van der Waals surface area contributed by atoms with E-state index >= 15 is 0 Å². The molecule has 0 aliphatic heterocycles. The van der Waals surface area contributed by atoms with E-state index in [1.807, 2.05) is 11.4 Å². The largest absolute Gasteiger partial charge is 0.354 e. The summed E-state index contributed by atoms with van der Waals surface area (Å²) in [6.07, 6.45) is 0.874. The molecular weight excluding hydrogens is 196 g/mol. The molecule has 0 unspecified atom stereocenters. The van der Waals surface area contributed by atoms with Crippen LogP contribution in [0.1, 0.15) is 18.7 Å². The molecule has 1 aromatic heterocycles. The van der Waals surface area contributed by atoms with Crippen molar-refractivity contribution in [1.82, 2.24) is 5.32 Å². The molecule has 1 heterocycles. The third-order valence-electron chi connectivity index (χ3n) is 1.82. The Labute approximate surface area is 88.3 Å². The van der Waals surface area contributed by atoms with Gasteiger partial charge in [-0.3, -0.25) is 4.79 Å². The highest BCUT2D eigenvalue weighted by atomic mass is 32.1. The van der Waals surface area contributed by atoms with Gasteiger partial charge < -0.3 is 11.1 Å². The van der Waals surface area contributed by atoms with Gasteiger partial charge >= 0.3 is 0 Å². The monoisotopic (exact) mass is 212 g/mol. The molecule has 1 amide bonds. The number of rotatable bonds is 4. The van der Waals surface area contributed by atoms with Crippen molar-refractivity contribution in [3.05, 3.63) is 22.4 Å². The SMILES string of the molecule is CC(C)(N)C(=O)NCCc1cccs1. The number of carbonyl (C=O) groups excluding carboxylic acids is 1. The second kappa shape index (κ2) is 4.57. The second-order valence-electron chi connectivity index (χ2n) is 3.81. The summed E-state index contributed by atoms with van der Waals surface area (Å²) >= 11 is 1.70. The number of hydrogen-bond donors (Lipinski definition) is 2. The molecular formula is C10H16N2OS. The van der Waals surface area contributed by atoms with Gasteiger partial charge in [-0.2, -0.15) is 0 Å². The smallest absolute Gasteiger partial charge is 0.239 e. The van der Waals surface area contributed by atoms with Crippen molar-refractivity contribution in [2.45, 2.75) is 25.8 Å². The lowest BCUT2D eigenvalue weighted by molar-refractivity contribution is -0.125. The fourth-order valence-electron chi connectivity index (χ4n) is 0.982. The van der Waals surface area contributed by atoms with Gasteiger partial charge in [0.1, 0.15) is 0 Å². The zero-order valence-corrected chi connectivity index (χ0v) is 9.36. The van der Waals surface area contributed by atoms with E-state index < -0.39 is 5.54 Å². The molecule has 0 atom stereocenters. The lowest BCUT2D eigenvalue weighted by atomic mass is 10.1. The average Bonchev–Trinajstić information content (AvgIpc) is 2.55. The van der Waals surface area contributed by atoms with E-state index in [9.17, 15) is 4.79 Å². The third-order valence-corrected chi connectivity index (χ3v) is 2.76. The molecule has 0 aliphatic rings. The molecule has 0 fully saturated rings. The molecule has 0 bridgehead atoms. The first-order valence-corrected chi connectivity index (χ1v) is 5.47. The van der Waals surface area contributed by atoms with Crippen LogP contribution >= 0.6 is 11.3 Å². The number of hydrogen-bond acceptors (Lipinski definition) is 3. The Bertz CT molecular complexity index is 288. The molecule has 3 N–H and O–H groups in total. The predicted molar refractivity (Wildman–Crippen MR) is 59.3 cm³/mol. The summed E-state index contributed by atoms with van der Waals surface area (Å²) in [6, 6.07) is 4.07. The highest BCUT2D eigenvalue weighted by Crippen LogP contribution is 2.08. The number of nitrogens with two attached hydrogens (primary N) is 1. The Kier molecular flexibility index (Phi) is 3.66. The van der Waals surface area contributed by atoms with Gasteiger partial charge in [-0.25, -0.2) is 0 Å². The second-order valence-corrected chi connectivity index (χ2v) is 4.84. The van der Waals surface area contributed by atoms with Crippen LogP contribution < -0.4 is 11.1 Å². The van der Waals surface area contributed by atoms with Crippen molar-refractivity contribution in [3.63, 3.8) is 0 Å². The molecule has 0 saturated heterocycles. The Hall–Kier alpha value is -0.870. The fraction of sp³-hybridized carbons (Fsp3) is 0.500. The fourth-order valence-corrected chi connectivity index (χ4v) is 1.69. The summed E-state index contributed by atoms with van der Waals surface area (Å²) in [5.74, 6) is -0.103. The van der Waals surface area contributed by atoms with Gasteiger partial charge in [0, 0.05) is 11.4 Å². The summed E-state index contributed by atoms with van der Waals surface area (Å²) in [4.78, 5) is 12.6. The van der Waals surface area contributed by atoms with Crippen LogP contribution in [0, 0.1) is 0 Å². The molecule has 0 aliphatic carbocycles. The number of nitrogens with one attached hydrogen (secondary N) is 1. The number of thiophene rings is 1. The van der Waals surface area contributed by atoms with Crippen LogP contribution in [0.25, 0.3) is 0 Å². The molecule has 14 heavy (non-hydrogen) atoms. The van der Waals surface area contributed by atoms with Crippen LogP contribution in [0.2, 0.25) is 0 Å². The first-order chi connectivity index (χ1) is 6.50. The standard InChI is InChI=1S/C10H16N2OS/c1-10(2,11)9(13)12-6-5-8-4-3-7-14-8/h3-4,7H,5-6,11H2,1-2H3,(H,12,13).